The fraction of sp³-hybridized carbons (Fsp3) is 0.942. The highest BCUT2D eigenvalue weighted by atomic mass is 31.2. The highest BCUT2D eigenvalue weighted by Crippen LogP contribution is 2.45. The van der Waals surface area contributed by atoms with Gasteiger partial charge >= 0.3 is 39.5 Å². The van der Waals surface area contributed by atoms with Crippen LogP contribution in [0.5, 0.6) is 0 Å². The minimum absolute atomic E-state index is 0.105. The van der Waals surface area contributed by atoms with Crippen molar-refractivity contribution in [2.45, 2.75) is 368 Å². The Bertz CT molecular complexity index is 1720. The number of aliphatic hydroxyl groups is 1. The molecule has 2 unspecified atom stereocenters. The van der Waals surface area contributed by atoms with Gasteiger partial charge in [-0.15, -0.1) is 0 Å². The van der Waals surface area contributed by atoms with Gasteiger partial charge in [-0.2, -0.15) is 0 Å². The van der Waals surface area contributed by atoms with Crippen LogP contribution in [-0.2, 0) is 65.4 Å². The van der Waals surface area contributed by atoms with Crippen LogP contribution in [-0.4, -0.2) is 96.7 Å². The Morgan fingerprint density at radius 2 is 0.523 bits per heavy atom. The molecule has 0 amide bonds. The second-order valence-corrected chi connectivity index (χ2v) is 28.8. The van der Waals surface area contributed by atoms with Crippen molar-refractivity contribution >= 4 is 39.5 Å². The van der Waals surface area contributed by atoms with Crippen molar-refractivity contribution in [2.24, 2.45) is 11.8 Å². The van der Waals surface area contributed by atoms with Crippen LogP contribution in [0.25, 0.3) is 0 Å². The topological polar surface area (TPSA) is 237 Å². The molecule has 0 fully saturated rings. The molecule has 0 saturated heterocycles. The van der Waals surface area contributed by atoms with E-state index in [1.54, 1.807) is 0 Å². The number of phosphoric ester groups is 2. The summed E-state index contributed by atoms with van der Waals surface area (Å²) in [6.07, 6.45) is 45.9. The summed E-state index contributed by atoms with van der Waals surface area (Å²) < 4.78 is 68.2. The smallest absolute Gasteiger partial charge is 0.462 e. The van der Waals surface area contributed by atoms with Crippen molar-refractivity contribution in [3.8, 4) is 0 Å². The zero-order valence-electron chi connectivity index (χ0n) is 57.0. The maximum Gasteiger partial charge on any atom is 0.472 e. The average Bonchev–Trinajstić information content (AvgIpc) is 3.67. The first-order valence-corrected chi connectivity index (χ1v) is 39.0. The number of esters is 4. The molecule has 0 aromatic heterocycles. The Kier molecular flexibility index (Phi) is 59.9. The normalized spacial score (nSPS) is 14.2. The van der Waals surface area contributed by atoms with E-state index in [-0.39, 0.29) is 25.7 Å². The zero-order valence-corrected chi connectivity index (χ0v) is 58.8. The Hall–Kier alpha value is -1.94. The van der Waals surface area contributed by atoms with E-state index < -0.39 is 97.5 Å². The summed E-state index contributed by atoms with van der Waals surface area (Å²) in [5, 5.41) is 10.6. The van der Waals surface area contributed by atoms with Crippen LogP contribution < -0.4 is 0 Å². The first-order chi connectivity index (χ1) is 42.4. The maximum absolute atomic E-state index is 13.0. The summed E-state index contributed by atoms with van der Waals surface area (Å²) >= 11 is 0. The van der Waals surface area contributed by atoms with Crippen LogP contribution >= 0.6 is 15.6 Å². The van der Waals surface area contributed by atoms with Gasteiger partial charge in [-0.25, -0.2) is 9.13 Å². The number of ether oxygens (including phenoxy) is 4. The fourth-order valence-corrected chi connectivity index (χ4v) is 12.0. The molecule has 0 aliphatic rings. The molecular weight excluding hydrogens is 1160 g/mol. The Balaban J connectivity index is 5.21. The monoisotopic (exact) mass is 1300 g/mol. The molecule has 522 valence electrons. The van der Waals surface area contributed by atoms with Crippen LogP contribution in [0, 0.1) is 11.8 Å². The largest absolute Gasteiger partial charge is 0.472 e. The molecule has 0 rings (SSSR count). The van der Waals surface area contributed by atoms with E-state index in [2.05, 4.69) is 41.5 Å². The minimum Gasteiger partial charge on any atom is -0.462 e. The standard InChI is InChI=1S/C69H134O17P2/c1-7-9-11-13-15-16-17-18-19-20-21-22-29-35-41-47-53-68(73)86-65(58-80-67(72)52-46-40-34-28-24-23-26-32-37-43-49-61(3)4)60-84-88(77,78)82-56-63(70)55-81-87(75,76)83-59-64(57-79-66(71)51-45-39-31-14-12-10-8-2)85-69(74)54-48-42-36-30-25-27-33-38-44-50-62(5)6/h61-65,70H,7-60H2,1-6H3,(H,75,76)(H,77,78)/t63-,64+,65+/m0/s1. The van der Waals surface area contributed by atoms with E-state index in [0.29, 0.717) is 25.7 Å². The van der Waals surface area contributed by atoms with Gasteiger partial charge in [0, 0.05) is 25.7 Å². The molecule has 0 bridgehead atoms. The van der Waals surface area contributed by atoms with Gasteiger partial charge in [-0.05, 0) is 37.5 Å². The SMILES string of the molecule is CCCCCCCCCCCCCCCCCCC(=O)O[C@H](COC(=O)CCCCCCCCCCCCC(C)C)COP(=O)(O)OC[C@@H](O)COP(=O)(O)OC[C@@H](COC(=O)CCCCCCCCC)OC(=O)CCCCCCCCCCCC(C)C. The lowest BCUT2D eigenvalue weighted by atomic mass is 10.0. The molecule has 19 heteroatoms. The van der Waals surface area contributed by atoms with E-state index >= 15 is 0 Å². The fourth-order valence-electron chi connectivity index (χ4n) is 10.4. The van der Waals surface area contributed by atoms with Gasteiger partial charge in [0.15, 0.2) is 12.2 Å². The van der Waals surface area contributed by atoms with Crippen LogP contribution in [0.4, 0.5) is 0 Å². The van der Waals surface area contributed by atoms with E-state index in [0.717, 1.165) is 115 Å². The average molecular weight is 1300 g/mol. The molecule has 0 radical (unpaired) electrons. The van der Waals surface area contributed by atoms with E-state index in [9.17, 15) is 43.2 Å². The van der Waals surface area contributed by atoms with Gasteiger partial charge in [0.25, 0.3) is 0 Å². The van der Waals surface area contributed by atoms with Crippen molar-refractivity contribution in [2.75, 3.05) is 39.6 Å². The number of hydrogen-bond acceptors (Lipinski definition) is 15. The molecule has 0 aromatic carbocycles. The number of hydrogen-bond donors (Lipinski definition) is 3. The van der Waals surface area contributed by atoms with Crippen molar-refractivity contribution < 1.29 is 80.2 Å². The molecule has 88 heavy (non-hydrogen) atoms. The third kappa shape index (κ3) is 62.8. The van der Waals surface area contributed by atoms with Crippen LogP contribution in [0.1, 0.15) is 350 Å². The molecular formula is C69H134O17P2. The summed E-state index contributed by atoms with van der Waals surface area (Å²) in [5.74, 6) is -0.634. The van der Waals surface area contributed by atoms with Crippen molar-refractivity contribution in [1.29, 1.82) is 0 Å². The molecule has 3 N–H and O–H groups in total. The van der Waals surface area contributed by atoms with Crippen molar-refractivity contribution in [3.63, 3.8) is 0 Å². The number of carbonyl (C=O) groups excluding carboxylic acids is 4. The van der Waals surface area contributed by atoms with Gasteiger partial charge in [-0.1, -0.05) is 298 Å². The van der Waals surface area contributed by atoms with Crippen LogP contribution in [0.2, 0.25) is 0 Å². The number of unbranched alkanes of at least 4 members (excludes halogenated alkanes) is 38. The Morgan fingerprint density at radius 1 is 0.307 bits per heavy atom. The summed E-state index contributed by atoms with van der Waals surface area (Å²) in [7, 11) is -9.89. The third-order valence-corrected chi connectivity index (χ3v) is 17.9. The van der Waals surface area contributed by atoms with Gasteiger partial charge < -0.3 is 33.8 Å². The van der Waals surface area contributed by atoms with Gasteiger partial charge in [0.1, 0.15) is 19.3 Å². The van der Waals surface area contributed by atoms with Gasteiger partial charge in [0.05, 0.1) is 26.4 Å². The predicted octanol–water partition coefficient (Wildman–Crippen LogP) is 19.6. The quantitative estimate of drug-likeness (QED) is 0.0222. The molecule has 0 spiro atoms. The van der Waals surface area contributed by atoms with Gasteiger partial charge in [-0.3, -0.25) is 37.3 Å². The maximum atomic E-state index is 13.0. The highest BCUT2D eigenvalue weighted by Gasteiger charge is 2.30. The number of carbonyl (C=O) groups is 4. The highest BCUT2D eigenvalue weighted by molar-refractivity contribution is 7.47. The molecule has 5 atom stereocenters. The third-order valence-electron chi connectivity index (χ3n) is 16.0. The second-order valence-electron chi connectivity index (χ2n) is 25.9. The molecule has 0 aromatic rings. The minimum atomic E-state index is -4.95. The van der Waals surface area contributed by atoms with Gasteiger partial charge in [0.2, 0.25) is 0 Å². The van der Waals surface area contributed by atoms with E-state index in [1.165, 1.54) is 154 Å². The lowest BCUT2D eigenvalue weighted by molar-refractivity contribution is -0.161. The van der Waals surface area contributed by atoms with E-state index in [4.69, 9.17) is 37.0 Å². The lowest BCUT2D eigenvalue weighted by Gasteiger charge is -2.21. The lowest BCUT2D eigenvalue weighted by Crippen LogP contribution is -2.30. The molecule has 17 nitrogen and oxygen atoms in total. The van der Waals surface area contributed by atoms with Crippen molar-refractivity contribution in [3.05, 3.63) is 0 Å². The zero-order chi connectivity index (χ0) is 65.0. The molecule has 0 aliphatic heterocycles. The number of aliphatic hydroxyl groups excluding tert-OH is 1. The summed E-state index contributed by atoms with van der Waals surface area (Å²) in [6, 6.07) is 0. The Morgan fingerprint density at radius 3 is 0.773 bits per heavy atom. The summed E-state index contributed by atoms with van der Waals surface area (Å²) in [5.41, 5.74) is 0. The van der Waals surface area contributed by atoms with Crippen LogP contribution in [0.15, 0.2) is 0 Å². The first-order valence-electron chi connectivity index (χ1n) is 36.0. The summed E-state index contributed by atoms with van der Waals surface area (Å²) in [4.78, 5) is 72.4. The summed E-state index contributed by atoms with van der Waals surface area (Å²) in [6.45, 7) is 9.47. The number of phosphoric acid groups is 2. The molecule has 0 saturated carbocycles. The number of rotatable bonds is 68. The van der Waals surface area contributed by atoms with Crippen molar-refractivity contribution in [1.82, 2.24) is 0 Å². The first kappa shape index (κ1) is 86.1. The predicted molar refractivity (Wildman–Crippen MR) is 354 cm³/mol. The second kappa shape index (κ2) is 61.3. The van der Waals surface area contributed by atoms with E-state index in [1.807, 2.05) is 0 Å². The molecule has 0 heterocycles. The molecule has 0 aliphatic carbocycles. The van der Waals surface area contributed by atoms with Crippen LogP contribution in [0.3, 0.4) is 0 Å². The Labute approximate surface area is 537 Å².